The number of hydrogen-bond acceptors (Lipinski definition) is 6. The molecule has 0 bridgehead atoms. The molecule has 34 heavy (non-hydrogen) atoms. The number of anilines is 1. The predicted octanol–water partition coefficient (Wildman–Crippen LogP) is 4.73. The molecule has 0 radical (unpaired) electrons. The van der Waals surface area contributed by atoms with E-state index in [0.717, 1.165) is 0 Å². The van der Waals surface area contributed by atoms with E-state index in [1.807, 2.05) is 13.0 Å². The minimum atomic E-state index is -0.851. The lowest BCUT2D eigenvalue weighted by Crippen LogP contribution is -2.29. The molecular formula is C27H25NO6. The van der Waals surface area contributed by atoms with Gasteiger partial charge in [0.25, 0.3) is 11.7 Å². The Balaban J connectivity index is 1.93. The van der Waals surface area contributed by atoms with Gasteiger partial charge in [0.2, 0.25) is 0 Å². The first-order chi connectivity index (χ1) is 16.5. The number of nitrogens with zero attached hydrogens (tertiary/aromatic N) is 1. The molecule has 0 spiro atoms. The largest absolute Gasteiger partial charge is 0.507 e. The molecule has 7 nitrogen and oxygen atoms in total. The number of para-hydroxylation sites is 1. The Kier molecular flexibility index (Phi) is 6.54. The van der Waals surface area contributed by atoms with E-state index in [2.05, 4.69) is 0 Å². The lowest BCUT2D eigenvalue weighted by Gasteiger charge is -2.25. The molecule has 0 aliphatic carbocycles. The zero-order valence-electron chi connectivity index (χ0n) is 19.1. The van der Waals surface area contributed by atoms with Crippen LogP contribution in [0.5, 0.6) is 17.2 Å². The number of aliphatic hydroxyl groups is 1. The van der Waals surface area contributed by atoms with Gasteiger partial charge in [-0.05, 0) is 55.0 Å². The van der Waals surface area contributed by atoms with Gasteiger partial charge in [-0.2, -0.15) is 0 Å². The van der Waals surface area contributed by atoms with Crippen molar-refractivity contribution in [2.24, 2.45) is 0 Å². The zero-order valence-corrected chi connectivity index (χ0v) is 19.1. The maximum absolute atomic E-state index is 13.3. The highest BCUT2D eigenvalue weighted by Gasteiger charge is 2.47. The Labute approximate surface area is 197 Å². The molecular weight excluding hydrogens is 434 g/mol. The number of methoxy groups -OCH3 is 2. The van der Waals surface area contributed by atoms with E-state index < -0.39 is 17.7 Å². The number of rotatable bonds is 7. The van der Waals surface area contributed by atoms with Crippen molar-refractivity contribution in [2.45, 2.75) is 13.0 Å². The van der Waals surface area contributed by atoms with Gasteiger partial charge in [0.1, 0.15) is 11.5 Å². The molecule has 174 valence electrons. The molecule has 1 fully saturated rings. The van der Waals surface area contributed by atoms with Crippen molar-refractivity contribution >= 4 is 23.1 Å². The number of benzene rings is 3. The Bertz CT molecular complexity index is 1250. The molecule has 1 amide bonds. The van der Waals surface area contributed by atoms with Gasteiger partial charge < -0.3 is 19.3 Å². The molecule has 1 aliphatic rings. The average molecular weight is 459 g/mol. The highest BCUT2D eigenvalue weighted by atomic mass is 16.5. The first-order valence-corrected chi connectivity index (χ1v) is 10.8. The van der Waals surface area contributed by atoms with Crippen molar-refractivity contribution in [3.63, 3.8) is 0 Å². The van der Waals surface area contributed by atoms with E-state index >= 15 is 0 Å². The third-order valence-electron chi connectivity index (χ3n) is 5.62. The summed E-state index contributed by atoms with van der Waals surface area (Å²) in [5.74, 6) is -0.333. The Morgan fingerprint density at radius 3 is 2.32 bits per heavy atom. The third kappa shape index (κ3) is 4.08. The fraction of sp³-hybridized carbons (Fsp3) is 0.185. The summed E-state index contributed by atoms with van der Waals surface area (Å²) in [5, 5.41) is 11.3. The monoisotopic (exact) mass is 459 g/mol. The van der Waals surface area contributed by atoms with Gasteiger partial charge in [-0.15, -0.1) is 0 Å². The number of aliphatic hydroxyl groups excluding tert-OH is 1. The molecule has 4 rings (SSSR count). The first kappa shape index (κ1) is 22.9. The van der Waals surface area contributed by atoms with Gasteiger partial charge in [0, 0.05) is 11.3 Å². The van der Waals surface area contributed by atoms with Crippen LogP contribution in [0.1, 0.15) is 24.1 Å². The summed E-state index contributed by atoms with van der Waals surface area (Å²) in [5.41, 5.74) is 1.49. The molecule has 0 saturated carbocycles. The van der Waals surface area contributed by atoms with Gasteiger partial charge in [-0.25, -0.2) is 0 Å². The van der Waals surface area contributed by atoms with E-state index in [0.29, 0.717) is 40.7 Å². The predicted molar refractivity (Wildman–Crippen MR) is 128 cm³/mol. The van der Waals surface area contributed by atoms with Crippen LogP contribution in [-0.2, 0) is 9.59 Å². The smallest absolute Gasteiger partial charge is 0.300 e. The van der Waals surface area contributed by atoms with Crippen molar-refractivity contribution in [1.82, 2.24) is 0 Å². The van der Waals surface area contributed by atoms with Crippen LogP contribution in [-0.4, -0.2) is 37.6 Å². The Hall–Kier alpha value is -4.26. The van der Waals surface area contributed by atoms with Crippen LogP contribution in [0.3, 0.4) is 0 Å². The molecule has 3 aromatic rings. The van der Waals surface area contributed by atoms with Gasteiger partial charge >= 0.3 is 0 Å². The van der Waals surface area contributed by atoms with Crippen molar-refractivity contribution < 1.29 is 28.9 Å². The van der Waals surface area contributed by atoms with Crippen molar-refractivity contribution in [3.05, 3.63) is 89.5 Å². The number of ether oxygens (including phenoxy) is 3. The van der Waals surface area contributed by atoms with Crippen LogP contribution in [0.4, 0.5) is 5.69 Å². The van der Waals surface area contributed by atoms with E-state index in [9.17, 15) is 14.7 Å². The quantitative estimate of drug-likeness (QED) is 0.312. The number of carbonyl (C=O) groups excluding carboxylic acids is 2. The second kappa shape index (κ2) is 9.70. The van der Waals surface area contributed by atoms with Gasteiger partial charge in [-0.3, -0.25) is 14.5 Å². The number of ketones is 1. The van der Waals surface area contributed by atoms with Crippen molar-refractivity contribution in [1.29, 1.82) is 0 Å². The van der Waals surface area contributed by atoms with Crippen LogP contribution in [0.2, 0.25) is 0 Å². The second-order valence-corrected chi connectivity index (χ2v) is 7.58. The molecule has 1 atom stereocenters. The van der Waals surface area contributed by atoms with E-state index in [1.165, 1.54) is 19.1 Å². The maximum Gasteiger partial charge on any atom is 0.300 e. The minimum Gasteiger partial charge on any atom is -0.507 e. The summed E-state index contributed by atoms with van der Waals surface area (Å²) in [4.78, 5) is 27.9. The van der Waals surface area contributed by atoms with E-state index in [-0.39, 0.29) is 11.3 Å². The lowest BCUT2D eigenvalue weighted by molar-refractivity contribution is -0.132. The van der Waals surface area contributed by atoms with E-state index in [1.54, 1.807) is 66.7 Å². The van der Waals surface area contributed by atoms with Crippen LogP contribution in [0, 0.1) is 0 Å². The minimum absolute atomic E-state index is 0.0188. The second-order valence-electron chi connectivity index (χ2n) is 7.58. The Morgan fingerprint density at radius 2 is 1.65 bits per heavy atom. The number of hydrogen-bond donors (Lipinski definition) is 1. The first-order valence-electron chi connectivity index (χ1n) is 10.8. The molecule has 1 saturated heterocycles. The molecule has 7 heteroatoms. The summed E-state index contributed by atoms with van der Waals surface area (Å²) in [6.45, 7) is 2.34. The molecule has 0 aromatic heterocycles. The van der Waals surface area contributed by atoms with Crippen LogP contribution in [0.25, 0.3) is 5.76 Å². The fourth-order valence-electron chi connectivity index (χ4n) is 4.08. The number of amides is 1. The summed E-state index contributed by atoms with van der Waals surface area (Å²) in [7, 11) is 2.99. The van der Waals surface area contributed by atoms with Crippen molar-refractivity contribution in [2.75, 3.05) is 25.7 Å². The molecule has 1 heterocycles. The zero-order chi connectivity index (χ0) is 24.2. The highest BCUT2D eigenvalue weighted by Crippen LogP contribution is 2.43. The lowest BCUT2D eigenvalue weighted by atomic mass is 9.95. The van der Waals surface area contributed by atoms with Gasteiger partial charge in [-0.1, -0.05) is 30.3 Å². The van der Waals surface area contributed by atoms with Gasteiger partial charge in [0.05, 0.1) is 32.4 Å². The SMILES string of the molecule is CCOc1cccc(C2/C(=C(\O)c3ccc(OC)c(OC)c3)C(=O)C(=O)N2c2ccccc2)c1. The summed E-state index contributed by atoms with van der Waals surface area (Å²) < 4.78 is 16.3. The third-order valence-corrected chi connectivity index (χ3v) is 5.62. The molecule has 1 unspecified atom stereocenters. The van der Waals surface area contributed by atoms with Gasteiger partial charge in [0.15, 0.2) is 11.5 Å². The van der Waals surface area contributed by atoms with Crippen LogP contribution >= 0.6 is 0 Å². The van der Waals surface area contributed by atoms with Crippen LogP contribution < -0.4 is 19.1 Å². The summed E-state index contributed by atoms with van der Waals surface area (Å²) in [6, 6.07) is 20.0. The maximum atomic E-state index is 13.3. The average Bonchev–Trinajstić information content (AvgIpc) is 3.14. The normalized spacial score (nSPS) is 17.0. The highest BCUT2D eigenvalue weighted by molar-refractivity contribution is 6.51. The topological polar surface area (TPSA) is 85.3 Å². The van der Waals surface area contributed by atoms with Crippen LogP contribution in [0.15, 0.2) is 78.4 Å². The molecule has 1 N–H and O–H groups in total. The standard InChI is InChI=1S/C27H25NO6/c1-4-34-20-12-8-9-17(15-20)24-23(25(29)18-13-14-21(32-2)22(16-18)33-3)26(30)27(31)28(24)19-10-6-5-7-11-19/h5-16,24,29H,4H2,1-3H3/b25-23+. The molecule has 3 aromatic carbocycles. The summed E-state index contributed by atoms with van der Waals surface area (Å²) in [6.07, 6.45) is 0. The van der Waals surface area contributed by atoms with E-state index in [4.69, 9.17) is 14.2 Å². The number of carbonyl (C=O) groups is 2. The Morgan fingerprint density at radius 1 is 0.912 bits per heavy atom. The molecule has 1 aliphatic heterocycles. The van der Waals surface area contributed by atoms with Crippen molar-refractivity contribution in [3.8, 4) is 17.2 Å². The number of Topliss-reactive ketones (excluding diaryl/α,β-unsaturated/α-hetero) is 1. The fourth-order valence-corrected chi connectivity index (χ4v) is 4.08. The summed E-state index contributed by atoms with van der Waals surface area (Å²) >= 11 is 0.